The quantitative estimate of drug-likeness (QED) is 0.745. The molecule has 0 bridgehead atoms. The standard InChI is InChI=1S/C14H23NO/c1-11(2)8-9-15-10-13-7-5-6-12(3)14(13)16-4/h5-7,11,15H,8-10H2,1-4H3. The van der Waals surface area contributed by atoms with Crippen LogP contribution in [0.4, 0.5) is 0 Å². The lowest BCUT2D eigenvalue weighted by Crippen LogP contribution is -2.16. The van der Waals surface area contributed by atoms with Gasteiger partial charge in [0, 0.05) is 12.1 Å². The summed E-state index contributed by atoms with van der Waals surface area (Å²) in [5.41, 5.74) is 2.44. The van der Waals surface area contributed by atoms with Gasteiger partial charge in [-0.15, -0.1) is 0 Å². The van der Waals surface area contributed by atoms with E-state index in [0.717, 1.165) is 24.8 Å². The zero-order valence-corrected chi connectivity index (χ0v) is 10.8. The minimum atomic E-state index is 0.756. The molecule has 0 spiro atoms. The summed E-state index contributed by atoms with van der Waals surface area (Å²) in [7, 11) is 1.74. The predicted molar refractivity (Wildman–Crippen MR) is 68.9 cm³/mol. The summed E-state index contributed by atoms with van der Waals surface area (Å²) in [6, 6.07) is 6.28. The molecule has 0 atom stereocenters. The van der Waals surface area contributed by atoms with Crippen molar-refractivity contribution in [3.05, 3.63) is 29.3 Å². The van der Waals surface area contributed by atoms with Crippen LogP contribution in [-0.2, 0) is 6.54 Å². The highest BCUT2D eigenvalue weighted by Crippen LogP contribution is 2.22. The maximum Gasteiger partial charge on any atom is 0.126 e. The summed E-state index contributed by atoms with van der Waals surface area (Å²) in [5.74, 6) is 1.77. The fraction of sp³-hybridized carbons (Fsp3) is 0.571. The SMILES string of the molecule is COc1c(C)cccc1CNCCC(C)C. The minimum Gasteiger partial charge on any atom is -0.496 e. The Morgan fingerprint density at radius 2 is 2.06 bits per heavy atom. The van der Waals surface area contributed by atoms with E-state index >= 15 is 0 Å². The zero-order valence-electron chi connectivity index (χ0n) is 10.8. The van der Waals surface area contributed by atoms with E-state index in [9.17, 15) is 0 Å². The van der Waals surface area contributed by atoms with Gasteiger partial charge in [0.25, 0.3) is 0 Å². The highest BCUT2D eigenvalue weighted by atomic mass is 16.5. The van der Waals surface area contributed by atoms with Gasteiger partial charge < -0.3 is 10.1 Å². The van der Waals surface area contributed by atoms with Crippen molar-refractivity contribution < 1.29 is 4.74 Å². The summed E-state index contributed by atoms with van der Waals surface area (Å²) in [5, 5.41) is 3.45. The smallest absolute Gasteiger partial charge is 0.126 e. The Kier molecular flexibility index (Phi) is 5.33. The van der Waals surface area contributed by atoms with Crippen molar-refractivity contribution in [2.75, 3.05) is 13.7 Å². The van der Waals surface area contributed by atoms with Crippen LogP contribution in [0.15, 0.2) is 18.2 Å². The maximum atomic E-state index is 5.41. The average molecular weight is 221 g/mol. The average Bonchev–Trinajstić information content (AvgIpc) is 2.24. The summed E-state index contributed by atoms with van der Waals surface area (Å²) in [4.78, 5) is 0. The monoisotopic (exact) mass is 221 g/mol. The molecule has 2 heteroatoms. The van der Waals surface area contributed by atoms with Crippen LogP contribution in [0.25, 0.3) is 0 Å². The maximum absolute atomic E-state index is 5.41. The van der Waals surface area contributed by atoms with Gasteiger partial charge in [0.15, 0.2) is 0 Å². The number of rotatable bonds is 6. The molecular formula is C14H23NO. The molecule has 2 nitrogen and oxygen atoms in total. The number of para-hydroxylation sites is 1. The Morgan fingerprint density at radius 1 is 1.31 bits per heavy atom. The normalized spacial score (nSPS) is 10.8. The predicted octanol–water partition coefficient (Wildman–Crippen LogP) is 3.14. The van der Waals surface area contributed by atoms with E-state index in [4.69, 9.17) is 4.74 Å². The van der Waals surface area contributed by atoms with E-state index in [1.165, 1.54) is 17.5 Å². The number of nitrogens with one attached hydrogen (secondary N) is 1. The van der Waals surface area contributed by atoms with Gasteiger partial charge in [-0.05, 0) is 31.4 Å². The summed E-state index contributed by atoms with van der Waals surface area (Å²) >= 11 is 0. The molecule has 0 fully saturated rings. The van der Waals surface area contributed by atoms with Gasteiger partial charge >= 0.3 is 0 Å². The van der Waals surface area contributed by atoms with E-state index in [-0.39, 0.29) is 0 Å². The molecule has 0 aliphatic heterocycles. The van der Waals surface area contributed by atoms with Crippen molar-refractivity contribution in [2.45, 2.75) is 33.7 Å². The number of methoxy groups -OCH3 is 1. The summed E-state index contributed by atoms with van der Waals surface area (Å²) < 4.78 is 5.41. The van der Waals surface area contributed by atoms with Gasteiger partial charge in [0.1, 0.15) is 5.75 Å². The first-order chi connectivity index (χ1) is 7.65. The van der Waals surface area contributed by atoms with Crippen LogP contribution in [0.5, 0.6) is 5.75 Å². The van der Waals surface area contributed by atoms with Crippen LogP contribution >= 0.6 is 0 Å². The topological polar surface area (TPSA) is 21.3 Å². The largest absolute Gasteiger partial charge is 0.496 e. The van der Waals surface area contributed by atoms with Crippen molar-refractivity contribution in [1.82, 2.24) is 5.32 Å². The van der Waals surface area contributed by atoms with E-state index in [1.54, 1.807) is 7.11 Å². The van der Waals surface area contributed by atoms with Crippen molar-refractivity contribution in [3.8, 4) is 5.75 Å². The summed E-state index contributed by atoms with van der Waals surface area (Å²) in [6.07, 6.45) is 1.22. The van der Waals surface area contributed by atoms with Gasteiger partial charge in [-0.1, -0.05) is 32.0 Å². The number of aryl methyl sites for hydroxylation is 1. The van der Waals surface area contributed by atoms with Gasteiger partial charge in [0.2, 0.25) is 0 Å². The minimum absolute atomic E-state index is 0.756. The third kappa shape index (κ3) is 3.86. The van der Waals surface area contributed by atoms with E-state index in [1.807, 2.05) is 0 Å². The molecular weight excluding hydrogens is 198 g/mol. The number of ether oxygens (including phenoxy) is 1. The number of hydrogen-bond donors (Lipinski definition) is 1. The molecule has 0 heterocycles. The molecule has 16 heavy (non-hydrogen) atoms. The van der Waals surface area contributed by atoms with Crippen molar-refractivity contribution >= 4 is 0 Å². The highest BCUT2D eigenvalue weighted by Gasteiger charge is 2.04. The molecule has 0 amide bonds. The van der Waals surface area contributed by atoms with Gasteiger partial charge in [0.05, 0.1) is 7.11 Å². The van der Waals surface area contributed by atoms with Crippen LogP contribution in [-0.4, -0.2) is 13.7 Å². The lowest BCUT2D eigenvalue weighted by Gasteiger charge is -2.12. The molecule has 0 aliphatic rings. The summed E-state index contributed by atoms with van der Waals surface area (Å²) in [6.45, 7) is 8.52. The highest BCUT2D eigenvalue weighted by molar-refractivity contribution is 5.40. The Labute approximate surface area is 99.0 Å². The molecule has 0 saturated carbocycles. The Hall–Kier alpha value is -1.02. The molecule has 0 radical (unpaired) electrons. The van der Waals surface area contributed by atoms with Crippen LogP contribution in [0, 0.1) is 12.8 Å². The molecule has 0 unspecified atom stereocenters. The van der Waals surface area contributed by atoms with E-state index < -0.39 is 0 Å². The first-order valence-electron chi connectivity index (χ1n) is 5.98. The van der Waals surface area contributed by atoms with Gasteiger partial charge in [-0.3, -0.25) is 0 Å². The van der Waals surface area contributed by atoms with Gasteiger partial charge in [-0.25, -0.2) is 0 Å². The lowest BCUT2D eigenvalue weighted by molar-refractivity contribution is 0.404. The van der Waals surface area contributed by atoms with Crippen molar-refractivity contribution in [2.24, 2.45) is 5.92 Å². The second-order valence-electron chi connectivity index (χ2n) is 4.63. The lowest BCUT2D eigenvalue weighted by atomic mass is 10.1. The van der Waals surface area contributed by atoms with Crippen LogP contribution in [0.3, 0.4) is 0 Å². The Bertz CT molecular complexity index is 321. The van der Waals surface area contributed by atoms with Crippen molar-refractivity contribution in [1.29, 1.82) is 0 Å². The van der Waals surface area contributed by atoms with E-state index in [2.05, 4.69) is 44.3 Å². The molecule has 1 rings (SSSR count). The second-order valence-corrected chi connectivity index (χ2v) is 4.63. The third-order valence-electron chi connectivity index (χ3n) is 2.71. The fourth-order valence-electron chi connectivity index (χ4n) is 1.76. The second kappa shape index (κ2) is 6.54. The molecule has 0 aromatic heterocycles. The number of benzene rings is 1. The molecule has 0 aliphatic carbocycles. The number of hydrogen-bond acceptors (Lipinski definition) is 2. The molecule has 1 aromatic carbocycles. The van der Waals surface area contributed by atoms with Crippen molar-refractivity contribution in [3.63, 3.8) is 0 Å². The first-order valence-corrected chi connectivity index (χ1v) is 5.98. The molecule has 1 N–H and O–H groups in total. The van der Waals surface area contributed by atoms with Crippen LogP contribution in [0.1, 0.15) is 31.4 Å². The zero-order chi connectivity index (χ0) is 12.0. The third-order valence-corrected chi connectivity index (χ3v) is 2.71. The molecule has 90 valence electrons. The Balaban J connectivity index is 2.50. The molecule has 1 aromatic rings. The Morgan fingerprint density at radius 3 is 2.69 bits per heavy atom. The van der Waals surface area contributed by atoms with Gasteiger partial charge in [-0.2, -0.15) is 0 Å². The molecule has 0 saturated heterocycles. The van der Waals surface area contributed by atoms with Crippen LogP contribution in [0.2, 0.25) is 0 Å². The first kappa shape index (κ1) is 13.0. The van der Waals surface area contributed by atoms with Crippen LogP contribution < -0.4 is 10.1 Å². The van der Waals surface area contributed by atoms with E-state index in [0.29, 0.717) is 0 Å². The fourth-order valence-corrected chi connectivity index (χ4v) is 1.76.